The molecule has 11 heavy (non-hydrogen) atoms. The molecule has 0 saturated carbocycles. The molecule has 2 heteroatoms. The zero-order chi connectivity index (χ0) is 7.84. The number of fused-ring (bicyclic) bond motifs is 1. The maximum Gasteiger partial charge on any atom is 0.122 e. The van der Waals surface area contributed by atoms with Gasteiger partial charge in [0.25, 0.3) is 0 Å². The smallest absolute Gasteiger partial charge is 0.122 e. The molecule has 0 amide bonds. The largest absolute Gasteiger partial charge is 0.508 e. The van der Waals surface area contributed by atoms with Crippen molar-refractivity contribution >= 4 is 6.08 Å². The van der Waals surface area contributed by atoms with Crippen molar-refractivity contribution in [1.29, 1.82) is 0 Å². The van der Waals surface area contributed by atoms with Gasteiger partial charge in [-0.3, -0.25) is 0 Å². The normalized spacial score (nSPS) is 20.3. The van der Waals surface area contributed by atoms with Crippen LogP contribution in [0.5, 0.6) is 5.75 Å². The Bertz CT molecular complexity index is 315. The van der Waals surface area contributed by atoms with Crippen molar-refractivity contribution < 1.29 is 10.2 Å². The molecule has 1 aromatic rings. The van der Waals surface area contributed by atoms with Gasteiger partial charge in [0.2, 0.25) is 0 Å². The van der Waals surface area contributed by atoms with Gasteiger partial charge in [0, 0.05) is 5.56 Å². The third-order valence-electron chi connectivity index (χ3n) is 1.87. The van der Waals surface area contributed by atoms with E-state index in [4.69, 9.17) is 0 Å². The summed E-state index contributed by atoms with van der Waals surface area (Å²) < 4.78 is 0. The number of phenolic OH excluding ortho intramolecular Hbond substituents is 1. The van der Waals surface area contributed by atoms with E-state index in [0.29, 0.717) is 5.56 Å². The molecule has 0 radical (unpaired) electrons. The molecule has 2 rings (SSSR count). The van der Waals surface area contributed by atoms with E-state index >= 15 is 0 Å². The molecule has 1 unspecified atom stereocenters. The van der Waals surface area contributed by atoms with Crippen molar-refractivity contribution in [2.45, 2.75) is 6.10 Å². The molecule has 0 fully saturated rings. The summed E-state index contributed by atoms with van der Waals surface area (Å²) in [5, 5.41) is 18.6. The first-order chi connectivity index (χ1) is 5.29. The molecule has 0 saturated heterocycles. The van der Waals surface area contributed by atoms with Gasteiger partial charge in [-0.15, -0.1) is 0 Å². The van der Waals surface area contributed by atoms with Gasteiger partial charge in [0.1, 0.15) is 11.9 Å². The lowest BCUT2D eigenvalue weighted by molar-refractivity contribution is 0.227. The summed E-state index contributed by atoms with van der Waals surface area (Å²) in [7, 11) is 0. The van der Waals surface area contributed by atoms with Crippen molar-refractivity contribution in [3.05, 3.63) is 35.4 Å². The fourth-order valence-electron chi connectivity index (χ4n) is 1.33. The Balaban J connectivity index is 2.65. The average Bonchev–Trinajstić information content (AvgIpc) is 2.34. The molecule has 0 aromatic heterocycles. The monoisotopic (exact) mass is 148 g/mol. The van der Waals surface area contributed by atoms with Gasteiger partial charge in [0.15, 0.2) is 0 Å². The van der Waals surface area contributed by atoms with Gasteiger partial charge in [0.05, 0.1) is 0 Å². The minimum absolute atomic E-state index is 0.167. The van der Waals surface area contributed by atoms with Crippen LogP contribution < -0.4 is 0 Å². The maximum atomic E-state index is 9.32. The van der Waals surface area contributed by atoms with Gasteiger partial charge in [-0.25, -0.2) is 0 Å². The second kappa shape index (κ2) is 2.10. The van der Waals surface area contributed by atoms with Gasteiger partial charge in [-0.05, 0) is 11.6 Å². The molecule has 1 aliphatic rings. The lowest BCUT2D eigenvalue weighted by Gasteiger charge is -2.05. The number of aliphatic hydroxyl groups excluding tert-OH is 1. The molecule has 2 N–H and O–H groups in total. The summed E-state index contributed by atoms with van der Waals surface area (Å²) in [6, 6.07) is 5.20. The van der Waals surface area contributed by atoms with Crippen LogP contribution in [0.1, 0.15) is 17.2 Å². The summed E-state index contributed by atoms with van der Waals surface area (Å²) in [4.78, 5) is 0. The molecule has 1 atom stereocenters. The number of aromatic hydroxyl groups is 1. The fourth-order valence-corrected chi connectivity index (χ4v) is 1.33. The van der Waals surface area contributed by atoms with E-state index in [1.165, 1.54) is 0 Å². The van der Waals surface area contributed by atoms with Crippen LogP contribution in [0.25, 0.3) is 6.08 Å². The third-order valence-corrected chi connectivity index (χ3v) is 1.87. The predicted molar refractivity (Wildman–Crippen MR) is 42.1 cm³/mol. The Kier molecular flexibility index (Phi) is 1.23. The van der Waals surface area contributed by atoms with Gasteiger partial charge in [-0.2, -0.15) is 0 Å². The van der Waals surface area contributed by atoms with Gasteiger partial charge >= 0.3 is 0 Å². The SMILES string of the molecule is Oc1cccc2c1C(O)C=C2. The lowest BCUT2D eigenvalue weighted by Crippen LogP contribution is -1.90. The number of rotatable bonds is 0. The molecule has 0 aliphatic heterocycles. The van der Waals surface area contributed by atoms with Crippen LogP contribution in [-0.2, 0) is 0 Å². The highest BCUT2D eigenvalue weighted by Gasteiger charge is 2.17. The second-order valence-corrected chi connectivity index (χ2v) is 2.58. The van der Waals surface area contributed by atoms with E-state index in [-0.39, 0.29) is 5.75 Å². The molecule has 0 spiro atoms. The fraction of sp³-hybridized carbons (Fsp3) is 0.111. The van der Waals surface area contributed by atoms with Crippen molar-refractivity contribution in [3.63, 3.8) is 0 Å². The van der Waals surface area contributed by atoms with Crippen molar-refractivity contribution in [2.75, 3.05) is 0 Å². The highest BCUT2D eigenvalue weighted by Crippen LogP contribution is 2.34. The number of hydrogen-bond donors (Lipinski definition) is 2. The number of phenols is 1. The quantitative estimate of drug-likeness (QED) is 0.584. The van der Waals surface area contributed by atoms with Crippen molar-refractivity contribution in [2.24, 2.45) is 0 Å². The predicted octanol–water partition coefficient (Wildman–Crippen LogP) is 1.45. The number of aliphatic hydroxyl groups is 1. The first-order valence-electron chi connectivity index (χ1n) is 3.47. The number of benzene rings is 1. The standard InChI is InChI=1S/C9H8O2/c10-7-3-1-2-6-4-5-8(11)9(6)7/h1-5,8,10-11H. The van der Waals surface area contributed by atoms with Gasteiger partial charge < -0.3 is 10.2 Å². The Morgan fingerprint density at radius 1 is 1.27 bits per heavy atom. The molecule has 56 valence electrons. The average molecular weight is 148 g/mol. The Morgan fingerprint density at radius 3 is 2.82 bits per heavy atom. The lowest BCUT2D eigenvalue weighted by atomic mass is 10.1. The van der Waals surface area contributed by atoms with Crippen molar-refractivity contribution in [3.8, 4) is 5.75 Å². The minimum atomic E-state index is -0.633. The zero-order valence-corrected chi connectivity index (χ0v) is 5.86. The summed E-state index contributed by atoms with van der Waals surface area (Å²) in [5.41, 5.74) is 1.52. The summed E-state index contributed by atoms with van der Waals surface area (Å²) in [5.74, 6) is 0.167. The van der Waals surface area contributed by atoms with Crippen LogP contribution in [0.4, 0.5) is 0 Å². The Morgan fingerprint density at radius 2 is 2.09 bits per heavy atom. The summed E-state index contributed by atoms with van der Waals surface area (Å²) in [6.45, 7) is 0. The molecule has 0 heterocycles. The molecule has 0 bridgehead atoms. The van der Waals surface area contributed by atoms with Crippen molar-refractivity contribution in [1.82, 2.24) is 0 Å². The molecule has 2 nitrogen and oxygen atoms in total. The second-order valence-electron chi connectivity index (χ2n) is 2.58. The van der Waals surface area contributed by atoms with Crippen LogP contribution >= 0.6 is 0 Å². The first-order valence-corrected chi connectivity index (χ1v) is 3.47. The summed E-state index contributed by atoms with van der Waals surface area (Å²) >= 11 is 0. The molecule has 1 aliphatic carbocycles. The highest BCUT2D eigenvalue weighted by molar-refractivity contribution is 5.64. The van der Waals surface area contributed by atoms with Crippen LogP contribution in [0.2, 0.25) is 0 Å². The van der Waals surface area contributed by atoms with Crippen LogP contribution in [0.3, 0.4) is 0 Å². The van der Waals surface area contributed by atoms with Crippen LogP contribution in [-0.4, -0.2) is 10.2 Å². The Labute approximate surface area is 64.4 Å². The molecular formula is C9H8O2. The maximum absolute atomic E-state index is 9.32. The number of hydrogen-bond acceptors (Lipinski definition) is 2. The third kappa shape index (κ3) is 0.835. The first kappa shape index (κ1) is 6.43. The van der Waals surface area contributed by atoms with Crippen LogP contribution in [0.15, 0.2) is 24.3 Å². The highest BCUT2D eigenvalue weighted by atomic mass is 16.3. The topological polar surface area (TPSA) is 40.5 Å². The van der Waals surface area contributed by atoms with E-state index < -0.39 is 6.10 Å². The minimum Gasteiger partial charge on any atom is -0.508 e. The molecule has 1 aromatic carbocycles. The van der Waals surface area contributed by atoms with E-state index in [9.17, 15) is 10.2 Å². The van der Waals surface area contributed by atoms with E-state index in [1.807, 2.05) is 6.07 Å². The van der Waals surface area contributed by atoms with E-state index in [1.54, 1.807) is 24.3 Å². The van der Waals surface area contributed by atoms with E-state index in [2.05, 4.69) is 0 Å². The van der Waals surface area contributed by atoms with Crippen LogP contribution in [0, 0.1) is 0 Å². The zero-order valence-electron chi connectivity index (χ0n) is 5.86. The van der Waals surface area contributed by atoms with Gasteiger partial charge in [-0.1, -0.05) is 24.3 Å². The Hall–Kier alpha value is -1.28. The van der Waals surface area contributed by atoms with E-state index in [0.717, 1.165) is 5.56 Å². The molecular weight excluding hydrogens is 140 g/mol. The summed E-state index contributed by atoms with van der Waals surface area (Å²) in [6.07, 6.45) is 2.83.